The molecule has 0 heterocycles. The maximum atomic E-state index is 13.2. The highest BCUT2D eigenvalue weighted by atomic mass is 19.4. The van der Waals surface area contributed by atoms with Gasteiger partial charge in [0.05, 0.1) is 0 Å². The van der Waals surface area contributed by atoms with Gasteiger partial charge in [-0.05, 0) is 12.8 Å². The minimum absolute atomic E-state index is 0.249. The Morgan fingerprint density at radius 3 is 0.950 bits per heavy atom. The summed E-state index contributed by atoms with van der Waals surface area (Å²) in [6.07, 6.45) is -14.9. The Morgan fingerprint density at radius 2 is 0.750 bits per heavy atom. The van der Waals surface area contributed by atoms with Gasteiger partial charge in [0.15, 0.2) is 0 Å². The van der Waals surface area contributed by atoms with E-state index in [1.54, 1.807) is 0 Å². The summed E-state index contributed by atoms with van der Waals surface area (Å²) in [5.41, 5.74) is 0. The molecule has 0 radical (unpaired) electrons. The highest BCUT2D eigenvalue weighted by Gasteiger charge is 2.71. The second-order valence-electron chi connectivity index (χ2n) is 4.74. The molecule has 0 aliphatic heterocycles. The third-order valence-electron chi connectivity index (χ3n) is 3.45. The number of rotatable bonds is 2. The van der Waals surface area contributed by atoms with Gasteiger partial charge in [-0.15, -0.1) is 0 Å². The zero-order chi connectivity index (χ0) is 16.0. The Balaban J connectivity index is 3.17. The smallest absolute Gasteiger partial charge is 0.196 e. The first-order valence-electron chi connectivity index (χ1n) is 5.62. The molecule has 0 N–H and O–H groups in total. The molecule has 10 heteroatoms. The van der Waals surface area contributed by atoms with Crippen LogP contribution in [0.25, 0.3) is 0 Å². The van der Waals surface area contributed by atoms with Gasteiger partial charge in [-0.1, -0.05) is 12.8 Å². The van der Waals surface area contributed by atoms with E-state index < -0.39 is 48.9 Å². The van der Waals surface area contributed by atoms with Crippen molar-refractivity contribution < 1.29 is 43.9 Å². The van der Waals surface area contributed by atoms with Crippen LogP contribution in [0.5, 0.6) is 0 Å². The van der Waals surface area contributed by atoms with Crippen molar-refractivity contribution in [2.24, 2.45) is 11.8 Å². The Labute approximate surface area is 107 Å². The Hall–Kier alpha value is -0.700. The summed E-state index contributed by atoms with van der Waals surface area (Å²) in [6.45, 7) is 0. The van der Waals surface area contributed by atoms with Gasteiger partial charge in [0.25, 0.3) is 0 Å². The van der Waals surface area contributed by atoms with Gasteiger partial charge in [-0.3, -0.25) is 0 Å². The Kier molecular flexibility index (Phi) is 4.29. The first kappa shape index (κ1) is 17.4. The third-order valence-corrected chi connectivity index (χ3v) is 3.45. The molecule has 0 spiro atoms. The largest absolute Gasteiger partial charge is 0.453 e. The van der Waals surface area contributed by atoms with E-state index >= 15 is 0 Å². The fraction of sp³-hybridized carbons (Fsp3) is 1.00. The molecule has 2 atom stereocenters. The number of halogens is 10. The second-order valence-corrected chi connectivity index (χ2v) is 4.74. The quantitative estimate of drug-likeness (QED) is 0.614. The second kappa shape index (κ2) is 4.94. The van der Waals surface area contributed by atoms with Crippen molar-refractivity contribution in [1.29, 1.82) is 0 Å². The van der Waals surface area contributed by atoms with Gasteiger partial charge in [0, 0.05) is 11.8 Å². The first-order valence-corrected chi connectivity index (χ1v) is 5.62. The van der Waals surface area contributed by atoms with Crippen LogP contribution < -0.4 is 0 Å². The molecule has 0 saturated heterocycles. The van der Waals surface area contributed by atoms with Crippen LogP contribution in [0.15, 0.2) is 0 Å². The number of hydrogen-bond acceptors (Lipinski definition) is 0. The summed E-state index contributed by atoms with van der Waals surface area (Å²) in [5, 5.41) is 0. The molecule has 0 aromatic carbocycles. The van der Waals surface area contributed by atoms with E-state index in [1.165, 1.54) is 0 Å². The lowest BCUT2D eigenvalue weighted by atomic mass is 9.72. The molecule has 0 aromatic rings. The SMILES string of the molecule is FC(F)(F)C(F)(F)C1CCCCC1C(F)(F)C(F)(F)F. The number of alkyl halides is 10. The third kappa shape index (κ3) is 2.83. The maximum absolute atomic E-state index is 13.2. The van der Waals surface area contributed by atoms with E-state index in [0.29, 0.717) is 0 Å². The Bertz CT molecular complexity index is 305. The van der Waals surface area contributed by atoms with Crippen LogP contribution in [0.3, 0.4) is 0 Å². The summed E-state index contributed by atoms with van der Waals surface area (Å²) >= 11 is 0. The van der Waals surface area contributed by atoms with Crippen molar-refractivity contribution in [3.05, 3.63) is 0 Å². The van der Waals surface area contributed by atoms with Gasteiger partial charge >= 0.3 is 24.2 Å². The fourth-order valence-electron chi connectivity index (χ4n) is 2.42. The monoisotopic (exact) mass is 320 g/mol. The highest BCUT2D eigenvalue weighted by Crippen LogP contribution is 2.56. The fourth-order valence-corrected chi connectivity index (χ4v) is 2.42. The van der Waals surface area contributed by atoms with E-state index in [4.69, 9.17) is 0 Å². The lowest BCUT2D eigenvalue weighted by molar-refractivity contribution is -0.350. The zero-order valence-electron chi connectivity index (χ0n) is 9.76. The molecule has 2 unspecified atom stereocenters. The minimum atomic E-state index is -6.16. The van der Waals surface area contributed by atoms with Gasteiger partial charge in [0.2, 0.25) is 0 Å². The molecule has 1 fully saturated rings. The predicted molar refractivity (Wildman–Crippen MR) is 47.5 cm³/mol. The topological polar surface area (TPSA) is 0 Å². The standard InChI is InChI=1S/C10H10F10/c11-7(12,9(15,16)17)5-3-1-2-4-6(5)8(13,14)10(18,19)20/h5-6H,1-4H2. The van der Waals surface area contributed by atoms with E-state index in [2.05, 4.69) is 0 Å². The number of hydrogen-bond donors (Lipinski definition) is 0. The van der Waals surface area contributed by atoms with Crippen LogP contribution in [-0.4, -0.2) is 24.2 Å². The molecular formula is C10H10F10. The molecule has 0 bridgehead atoms. The van der Waals surface area contributed by atoms with Crippen LogP contribution in [0.2, 0.25) is 0 Å². The average molecular weight is 320 g/mol. The summed E-state index contributed by atoms with van der Waals surface area (Å²) in [5.74, 6) is -17.3. The van der Waals surface area contributed by atoms with Crippen LogP contribution in [-0.2, 0) is 0 Å². The van der Waals surface area contributed by atoms with Crippen LogP contribution >= 0.6 is 0 Å². The maximum Gasteiger partial charge on any atom is 0.453 e. The normalized spacial score (nSPS) is 26.7. The summed E-state index contributed by atoms with van der Waals surface area (Å²) in [6, 6.07) is 0. The van der Waals surface area contributed by atoms with Crippen LogP contribution in [0.1, 0.15) is 25.7 Å². The van der Waals surface area contributed by atoms with Crippen molar-refractivity contribution in [1.82, 2.24) is 0 Å². The first-order chi connectivity index (χ1) is 8.73. The molecule has 0 nitrogen and oxygen atoms in total. The van der Waals surface area contributed by atoms with Crippen molar-refractivity contribution in [3.63, 3.8) is 0 Å². The lowest BCUT2D eigenvalue weighted by Gasteiger charge is -2.41. The van der Waals surface area contributed by atoms with Crippen LogP contribution in [0.4, 0.5) is 43.9 Å². The molecule has 20 heavy (non-hydrogen) atoms. The van der Waals surface area contributed by atoms with Crippen molar-refractivity contribution in [2.75, 3.05) is 0 Å². The zero-order valence-corrected chi connectivity index (χ0v) is 9.76. The summed E-state index contributed by atoms with van der Waals surface area (Å²) in [4.78, 5) is 0. The molecule has 0 aromatic heterocycles. The van der Waals surface area contributed by atoms with Crippen molar-refractivity contribution >= 4 is 0 Å². The van der Waals surface area contributed by atoms with Crippen molar-refractivity contribution in [2.45, 2.75) is 49.9 Å². The summed E-state index contributed by atoms with van der Waals surface area (Å²) in [7, 11) is 0. The van der Waals surface area contributed by atoms with E-state index in [1.807, 2.05) is 0 Å². The highest BCUT2D eigenvalue weighted by molar-refractivity contribution is 4.98. The van der Waals surface area contributed by atoms with Gasteiger partial charge in [-0.2, -0.15) is 43.9 Å². The summed E-state index contributed by atoms with van der Waals surface area (Å²) < 4.78 is 126. The molecule has 1 aliphatic carbocycles. The molecule has 1 saturated carbocycles. The molecule has 120 valence electrons. The van der Waals surface area contributed by atoms with Gasteiger partial charge in [-0.25, -0.2) is 0 Å². The van der Waals surface area contributed by atoms with E-state index in [0.717, 1.165) is 0 Å². The molecule has 1 rings (SSSR count). The molecule has 0 amide bonds. The van der Waals surface area contributed by atoms with Crippen LogP contribution in [0, 0.1) is 11.8 Å². The predicted octanol–water partition coefficient (Wildman–Crippen LogP) is 5.19. The molecular weight excluding hydrogens is 310 g/mol. The van der Waals surface area contributed by atoms with E-state index in [9.17, 15) is 43.9 Å². The van der Waals surface area contributed by atoms with Gasteiger partial charge in [0.1, 0.15) is 0 Å². The van der Waals surface area contributed by atoms with E-state index in [-0.39, 0.29) is 12.8 Å². The lowest BCUT2D eigenvalue weighted by Crippen LogP contribution is -2.55. The minimum Gasteiger partial charge on any atom is -0.196 e. The van der Waals surface area contributed by atoms with Gasteiger partial charge < -0.3 is 0 Å². The Morgan fingerprint density at radius 1 is 0.500 bits per heavy atom. The molecule has 1 aliphatic rings. The van der Waals surface area contributed by atoms with Crippen molar-refractivity contribution in [3.8, 4) is 0 Å². The average Bonchev–Trinajstić information content (AvgIpc) is 2.26.